The summed E-state index contributed by atoms with van der Waals surface area (Å²) in [5.41, 5.74) is 0. The summed E-state index contributed by atoms with van der Waals surface area (Å²) in [7, 11) is -1.32. The van der Waals surface area contributed by atoms with Gasteiger partial charge in [-0.05, 0) is 19.8 Å². The predicted molar refractivity (Wildman–Crippen MR) is 62.9 cm³/mol. The first-order valence-electron chi connectivity index (χ1n) is 5.44. The van der Waals surface area contributed by atoms with E-state index < -0.39 is 9.84 Å². The minimum absolute atomic E-state index is 0.223. The Morgan fingerprint density at radius 2 is 2.00 bits per heavy atom. The van der Waals surface area contributed by atoms with Crippen molar-refractivity contribution in [2.45, 2.75) is 32.7 Å². The third-order valence-corrected chi connectivity index (χ3v) is 4.06. The normalized spacial score (nSPS) is 14.1. The van der Waals surface area contributed by atoms with Crippen LogP contribution in [0.3, 0.4) is 0 Å². The summed E-state index contributed by atoms with van der Waals surface area (Å²) in [6, 6.07) is 0.388. The Morgan fingerprint density at radius 1 is 1.33 bits per heavy atom. The maximum Gasteiger partial charge on any atom is 0.151 e. The lowest BCUT2D eigenvalue weighted by atomic mass is 10.3. The lowest BCUT2D eigenvalue weighted by Gasteiger charge is -2.11. The Kier molecular flexibility index (Phi) is 8.00. The first kappa shape index (κ1) is 14.9. The van der Waals surface area contributed by atoms with Gasteiger partial charge < -0.3 is 10.1 Å². The molecule has 0 aliphatic carbocycles. The Balaban J connectivity index is 3.65. The van der Waals surface area contributed by atoms with Crippen LogP contribution in [0.1, 0.15) is 26.7 Å². The molecule has 1 unspecified atom stereocenters. The van der Waals surface area contributed by atoms with Crippen molar-refractivity contribution < 1.29 is 13.2 Å². The fraction of sp³-hybridized carbons (Fsp3) is 1.00. The van der Waals surface area contributed by atoms with Crippen molar-refractivity contribution in [3.63, 3.8) is 0 Å². The molecular formula is C10H23NO3S. The molecule has 0 amide bonds. The largest absolute Gasteiger partial charge is 0.385 e. The van der Waals surface area contributed by atoms with Gasteiger partial charge in [-0.1, -0.05) is 6.92 Å². The van der Waals surface area contributed by atoms with E-state index in [4.69, 9.17) is 4.74 Å². The minimum atomic E-state index is -2.90. The van der Waals surface area contributed by atoms with Gasteiger partial charge in [-0.15, -0.1) is 0 Å². The highest BCUT2D eigenvalue weighted by Gasteiger charge is 2.10. The van der Waals surface area contributed by atoms with Gasteiger partial charge in [0.1, 0.15) is 0 Å². The minimum Gasteiger partial charge on any atom is -0.385 e. The van der Waals surface area contributed by atoms with E-state index in [0.29, 0.717) is 25.6 Å². The Morgan fingerprint density at radius 3 is 2.53 bits per heavy atom. The van der Waals surface area contributed by atoms with Crippen LogP contribution >= 0.6 is 0 Å². The molecule has 1 atom stereocenters. The van der Waals surface area contributed by atoms with E-state index in [2.05, 4.69) is 19.2 Å². The van der Waals surface area contributed by atoms with Gasteiger partial charge in [-0.3, -0.25) is 0 Å². The van der Waals surface area contributed by atoms with Gasteiger partial charge in [0.05, 0.1) is 11.5 Å². The summed E-state index contributed by atoms with van der Waals surface area (Å²) >= 11 is 0. The van der Waals surface area contributed by atoms with E-state index in [1.54, 1.807) is 7.11 Å². The van der Waals surface area contributed by atoms with Gasteiger partial charge in [-0.25, -0.2) is 8.42 Å². The van der Waals surface area contributed by atoms with Crippen LogP contribution in [0.4, 0.5) is 0 Å². The molecule has 0 saturated heterocycles. The van der Waals surface area contributed by atoms with Crippen LogP contribution < -0.4 is 5.32 Å². The maximum absolute atomic E-state index is 11.5. The van der Waals surface area contributed by atoms with Crippen LogP contribution in [0.2, 0.25) is 0 Å². The van der Waals surface area contributed by atoms with E-state index in [1.165, 1.54) is 0 Å². The maximum atomic E-state index is 11.5. The van der Waals surface area contributed by atoms with Crippen LogP contribution in [0.15, 0.2) is 0 Å². The molecule has 1 N–H and O–H groups in total. The van der Waals surface area contributed by atoms with Crippen LogP contribution in [0.5, 0.6) is 0 Å². The standard InChI is InChI=1S/C10H23NO3S/c1-4-10(2)11-6-9-15(12,13)8-5-7-14-3/h10-11H,4-9H2,1-3H3. The molecule has 0 radical (unpaired) electrons. The highest BCUT2D eigenvalue weighted by molar-refractivity contribution is 7.91. The molecule has 0 saturated carbocycles. The van der Waals surface area contributed by atoms with Crippen LogP contribution in [0, 0.1) is 0 Å². The molecule has 5 heteroatoms. The quantitative estimate of drug-likeness (QED) is 0.603. The lowest BCUT2D eigenvalue weighted by molar-refractivity contribution is 0.199. The van der Waals surface area contributed by atoms with E-state index in [-0.39, 0.29) is 11.5 Å². The van der Waals surface area contributed by atoms with E-state index in [1.807, 2.05) is 0 Å². The van der Waals surface area contributed by atoms with Crippen molar-refractivity contribution in [3.05, 3.63) is 0 Å². The van der Waals surface area contributed by atoms with E-state index in [9.17, 15) is 8.42 Å². The zero-order valence-electron chi connectivity index (χ0n) is 9.95. The third-order valence-electron chi connectivity index (χ3n) is 2.32. The number of hydrogen-bond donors (Lipinski definition) is 1. The smallest absolute Gasteiger partial charge is 0.151 e. The first-order chi connectivity index (χ1) is 7.02. The van der Waals surface area contributed by atoms with Crippen LogP contribution in [-0.4, -0.2) is 46.2 Å². The molecule has 0 aromatic carbocycles. The fourth-order valence-corrected chi connectivity index (χ4v) is 2.32. The molecule has 0 heterocycles. The van der Waals surface area contributed by atoms with Crippen molar-refractivity contribution in [1.29, 1.82) is 0 Å². The lowest BCUT2D eigenvalue weighted by Crippen LogP contribution is -2.31. The summed E-state index contributed by atoms with van der Waals surface area (Å²) in [6.07, 6.45) is 1.60. The van der Waals surface area contributed by atoms with Crippen molar-refractivity contribution in [2.24, 2.45) is 0 Å². The molecule has 0 rings (SSSR count). The monoisotopic (exact) mass is 237 g/mol. The van der Waals surface area contributed by atoms with Gasteiger partial charge in [-0.2, -0.15) is 0 Å². The van der Waals surface area contributed by atoms with Crippen molar-refractivity contribution in [3.8, 4) is 0 Å². The van der Waals surface area contributed by atoms with E-state index in [0.717, 1.165) is 6.42 Å². The van der Waals surface area contributed by atoms with Gasteiger partial charge in [0.2, 0.25) is 0 Å². The molecule has 92 valence electrons. The predicted octanol–water partition coefficient (Wildman–Crippen LogP) is 0.826. The molecule has 0 aromatic heterocycles. The zero-order chi connectivity index (χ0) is 11.7. The average molecular weight is 237 g/mol. The van der Waals surface area contributed by atoms with E-state index >= 15 is 0 Å². The third kappa shape index (κ3) is 8.84. The van der Waals surface area contributed by atoms with Crippen molar-refractivity contribution in [1.82, 2.24) is 5.32 Å². The van der Waals surface area contributed by atoms with Gasteiger partial charge in [0.15, 0.2) is 9.84 Å². The number of sulfone groups is 1. The number of rotatable bonds is 9. The highest BCUT2D eigenvalue weighted by Crippen LogP contribution is 1.95. The molecule has 15 heavy (non-hydrogen) atoms. The first-order valence-corrected chi connectivity index (χ1v) is 7.26. The second kappa shape index (κ2) is 8.07. The van der Waals surface area contributed by atoms with Crippen molar-refractivity contribution in [2.75, 3.05) is 31.8 Å². The second-order valence-electron chi connectivity index (χ2n) is 3.76. The van der Waals surface area contributed by atoms with Gasteiger partial charge in [0, 0.05) is 26.3 Å². The fourth-order valence-electron chi connectivity index (χ4n) is 1.13. The topological polar surface area (TPSA) is 55.4 Å². The molecule has 4 nitrogen and oxygen atoms in total. The van der Waals surface area contributed by atoms with Crippen LogP contribution in [-0.2, 0) is 14.6 Å². The number of hydrogen-bond acceptors (Lipinski definition) is 4. The van der Waals surface area contributed by atoms with Crippen LogP contribution in [0.25, 0.3) is 0 Å². The molecular weight excluding hydrogens is 214 g/mol. The summed E-state index contributed by atoms with van der Waals surface area (Å²) in [5.74, 6) is 0.448. The molecule has 0 spiro atoms. The number of nitrogens with one attached hydrogen (secondary N) is 1. The number of methoxy groups -OCH3 is 1. The average Bonchev–Trinajstić information content (AvgIpc) is 2.17. The molecule has 0 bridgehead atoms. The summed E-state index contributed by atoms with van der Waals surface area (Å²) in [6.45, 7) is 5.19. The summed E-state index contributed by atoms with van der Waals surface area (Å²) in [5, 5.41) is 3.17. The SMILES string of the molecule is CCC(C)NCCS(=O)(=O)CCCOC. The van der Waals surface area contributed by atoms with Gasteiger partial charge in [0.25, 0.3) is 0 Å². The molecule has 0 aromatic rings. The molecule has 0 fully saturated rings. The van der Waals surface area contributed by atoms with Crippen molar-refractivity contribution >= 4 is 9.84 Å². The Bertz CT molecular complexity index is 239. The summed E-state index contributed by atoms with van der Waals surface area (Å²) < 4.78 is 27.8. The molecule has 0 aliphatic rings. The summed E-state index contributed by atoms with van der Waals surface area (Å²) in [4.78, 5) is 0. The van der Waals surface area contributed by atoms with Gasteiger partial charge >= 0.3 is 0 Å². The molecule has 0 aliphatic heterocycles. The number of ether oxygens (including phenoxy) is 1. The highest BCUT2D eigenvalue weighted by atomic mass is 32.2. The second-order valence-corrected chi connectivity index (χ2v) is 6.07. The Labute approximate surface area is 93.3 Å². The Hall–Kier alpha value is -0.130. The zero-order valence-corrected chi connectivity index (χ0v) is 10.8.